The maximum atomic E-state index is 13.4. The lowest BCUT2D eigenvalue weighted by molar-refractivity contribution is -0.384. The smallest absolute Gasteiger partial charge is 0.270 e. The predicted octanol–water partition coefficient (Wildman–Crippen LogP) is 4.07. The van der Waals surface area contributed by atoms with E-state index in [4.69, 9.17) is 0 Å². The zero-order valence-corrected chi connectivity index (χ0v) is 19.4. The van der Waals surface area contributed by atoms with Gasteiger partial charge >= 0.3 is 0 Å². The van der Waals surface area contributed by atoms with E-state index in [1.165, 1.54) is 30.3 Å². The van der Waals surface area contributed by atoms with Gasteiger partial charge in [0.05, 0.1) is 4.92 Å². The van der Waals surface area contributed by atoms with Gasteiger partial charge in [0.2, 0.25) is 5.91 Å². The molecule has 0 aromatic heterocycles. The van der Waals surface area contributed by atoms with Crippen LogP contribution >= 0.6 is 11.8 Å². The van der Waals surface area contributed by atoms with E-state index in [1.54, 1.807) is 28.8 Å². The summed E-state index contributed by atoms with van der Waals surface area (Å²) in [5, 5.41) is 13.8. The van der Waals surface area contributed by atoms with Gasteiger partial charge < -0.3 is 10.2 Å². The van der Waals surface area contributed by atoms with E-state index in [9.17, 15) is 24.1 Å². The molecule has 2 amide bonds. The molecule has 1 unspecified atom stereocenters. The van der Waals surface area contributed by atoms with Crippen LogP contribution in [0, 0.1) is 21.8 Å². The number of nitrogens with zero attached hydrogens (tertiary/aromatic N) is 2. The summed E-state index contributed by atoms with van der Waals surface area (Å²) in [5.74, 6) is 0.198. The Bertz CT molecular complexity index is 995. The molecular weight excluding hydrogens is 445 g/mol. The minimum absolute atomic E-state index is 0.132. The molecule has 1 atom stereocenters. The van der Waals surface area contributed by atoms with Gasteiger partial charge in [-0.15, -0.1) is 0 Å². The third-order valence-corrected chi connectivity index (χ3v) is 6.52. The fraction of sp³-hybridized carbons (Fsp3) is 0.417. The molecule has 7 nitrogen and oxygen atoms in total. The molecule has 0 bridgehead atoms. The van der Waals surface area contributed by atoms with E-state index < -0.39 is 16.9 Å². The highest BCUT2D eigenvalue weighted by Crippen LogP contribution is 2.23. The van der Waals surface area contributed by atoms with Crippen molar-refractivity contribution in [2.45, 2.75) is 31.7 Å². The maximum absolute atomic E-state index is 13.4. The van der Waals surface area contributed by atoms with Gasteiger partial charge in [-0.25, -0.2) is 4.39 Å². The highest BCUT2D eigenvalue weighted by molar-refractivity contribution is 7.98. The lowest BCUT2D eigenvalue weighted by atomic mass is 9.90. The molecule has 0 aliphatic carbocycles. The van der Waals surface area contributed by atoms with Gasteiger partial charge in [-0.3, -0.25) is 19.7 Å². The van der Waals surface area contributed by atoms with Crippen molar-refractivity contribution < 1.29 is 18.9 Å². The number of thioether (sulfide) groups is 1. The van der Waals surface area contributed by atoms with Crippen molar-refractivity contribution in [3.05, 3.63) is 75.6 Å². The first-order valence-electron chi connectivity index (χ1n) is 10.9. The van der Waals surface area contributed by atoms with Gasteiger partial charge in [0.15, 0.2) is 0 Å². The molecule has 1 aliphatic rings. The highest BCUT2D eigenvalue weighted by Gasteiger charge is 2.29. The number of benzene rings is 2. The second kappa shape index (κ2) is 11.8. The van der Waals surface area contributed by atoms with Gasteiger partial charge in [0.1, 0.15) is 11.9 Å². The molecule has 2 aromatic rings. The van der Waals surface area contributed by atoms with Crippen molar-refractivity contribution in [3.63, 3.8) is 0 Å². The average molecular weight is 474 g/mol. The molecule has 1 N–H and O–H groups in total. The van der Waals surface area contributed by atoms with Crippen LogP contribution in [0.4, 0.5) is 10.1 Å². The van der Waals surface area contributed by atoms with Crippen LogP contribution in [-0.4, -0.2) is 52.8 Å². The van der Waals surface area contributed by atoms with E-state index in [-0.39, 0.29) is 23.0 Å². The monoisotopic (exact) mass is 473 g/mol. The van der Waals surface area contributed by atoms with Crippen molar-refractivity contribution in [2.24, 2.45) is 5.92 Å². The summed E-state index contributed by atoms with van der Waals surface area (Å²) >= 11 is 1.58. The zero-order valence-electron chi connectivity index (χ0n) is 18.5. The van der Waals surface area contributed by atoms with Crippen LogP contribution in [0.2, 0.25) is 0 Å². The number of hydrogen-bond acceptors (Lipinski definition) is 5. The van der Waals surface area contributed by atoms with Crippen LogP contribution in [0.15, 0.2) is 48.5 Å². The van der Waals surface area contributed by atoms with E-state index in [2.05, 4.69) is 5.32 Å². The highest BCUT2D eigenvalue weighted by atomic mass is 32.2. The Kier molecular flexibility index (Phi) is 8.82. The SMILES string of the molecule is CSCCC(NC(=O)c1cccc([N+](=O)[O-])c1)C(=O)N1CCC(Cc2cccc(F)c2)CC1. The fourth-order valence-corrected chi connectivity index (χ4v) is 4.54. The molecule has 1 saturated heterocycles. The molecule has 0 spiro atoms. The topological polar surface area (TPSA) is 92.5 Å². The second-order valence-corrected chi connectivity index (χ2v) is 9.20. The number of likely N-dealkylation sites (tertiary alicyclic amines) is 1. The molecule has 3 rings (SSSR count). The van der Waals surface area contributed by atoms with Crippen molar-refractivity contribution in [1.29, 1.82) is 0 Å². The quantitative estimate of drug-likeness (QED) is 0.438. The largest absolute Gasteiger partial charge is 0.341 e. The lowest BCUT2D eigenvalue weighted by Gasteiger charge is -2.34. The average Bonchev–Trinajstić information content (AvgIpc) is 2.81. The number of nitro benzene ring substituents is 1. The van der Waals surface area contributed by atoms with Gasteiger partial charge in [-0.2, -0.15) is 11.8 Å². The third-order valence-electron chi connectivity index (χ3n) is 5.87. The van der Waals surface area contributed by atoms with Gasteiger partial charge in [-0.05, 0) is 67.4 Å². The van der Waals surface area contributed by atoms with Crippen LogP contribution in [0.3, 0.4) is 0 Å². The summed E-state index contributed by atoms with van der Waals surface area (Å²) in [7, 11) is 0. The number of halogens is 1. The summed E-state index contributed by atoms with van der Waals surface area (Å²) in [5.41, 5.74) is 0.941. The number of amides is 2. The maximum Gasteiger partial charge on any atom is 0.270 e. The predicted molar refractivity (Wildman–Crippen MR) is 127 cm³/mol. The summed E-state index contributed by atoms with van der Waals surface area (Å²) in [6.45, 7) is 1.17. The Balaban J connectivity index is 1.60. The second-order valence-electron chi connectivity index (χ2n) is 8.22. The summed E-state index contributed by atoms with van der Waals surface area (Å²) < 4.78 is 13.4. The van der Waals surface area contributed by atoms with Crippen molar-refractivity contribution >= 4 is 29.3 Å². The molecular formula is C24H28FN3O4S. The lowest BCUT2D eigenvalue weighted by Crippen LogP contribution is -2.51. The minimum atomic E-state index is -0.691. The Morgan fingerprint density at radius 2 is 1.94 bits per heavy atom. The van der Waals surface area contributed by atoms with Gasteiger partial charge in [0, 0.05) is 30.8 Å². The molecule has 1 heterocycles. The van der Waals surface area contributed by atoms with Crippen molar-refractivity contribution in [3.8, 4) is 0 Å². The molecule has 2 aromatic carbocycles. The molecule has 1 fully saturated rings. The minimum Gasteiger partial charge on any atom is -0.341 e. The number of nitro groups is 1. The summed E-state index contributed by atoms with van der Waals surface area (Å²) in [6, 6.07) is 11.4. The third kappa shape index (κ3) is 7.02. The van der Waals surface area contributed by atoms with Crippen molar-refractivity contribution in [1.82, 2.24) is 10.2 Å². The van der Waals surface area contributed by atoms with Crippen LogP contribution in [0.1, 0.15) is 35.2 Å². The normalized spacial score (nSPS) is 15.2. The fourth-order valence-electron chi connectivity index (χ4n) is 4.07. The summed E-state index contributed by atoms with van der Waals surface area (Å²) in [4.78, 5) is 38.1. The number of piperidine rings is 1. The number of nitrogens with one attached hydrogen (secondary N) is 1. The number of rotatable bonds is 9. The molecule has 9 heteroatoms. The Labute approximate surface area is 196 Å². The number of hydrogen-bond donors (Lipinski definition) is 1. The first-order chi connectivity index (χ1) is 15.9. The summed E-state index contributed by atoms with van der Waals surface area (Å²) in [6.07, 6.45) is 4.82. The van der Waals surface area contributed by atoms with Crippen LogP contribution in [0.5, 0.6) is 0 Å². The van der Waals surface area contributed by atoms with Crippen LogP contribution in [-0.2, 0) is 11.2 Å². The zero-order chi connectivity index (χ0) is 23.8. The van der Waals surface area contributed by atoms with E-state index in [0.29, 0.717) is 31.2 Å². The number of carbonyl (C=O) groups excluding carboxylic acids is 2. The molecule has 0 radical (unpaired) electrons. The molecule has 33 heavy (non-hydrogen) atoms. The number of non-ortho nitro benzene ring substituents is 1. The molecule has 1 aliphatic heterocycles. The molecule has 176 valence electrons. The Hall–Kier alpha value is -2.94. The Morgan fingerprint density at radius 3 is 2.61 bits per heavy atom. The Morgan fingerprint density at radius 1 is 1.21 bits per heavy atom. The van der Waals surface area contributed by atoms with Gasteiger partial charge in [0.25, 0.3) is 11.6 Å². The molecule has 0 saturated carbocycles. The van der Waals surface area contributed by atoms with E-state index in [1.807, 2.05) is 12.3 Å². The van der Waals surface area contributed by atoms with Crippen LogP contribution < -0.4 is 5.32 Å². The first kappa shape index (κ1) is 24.7. The first-order valence-corrected chi connectivity index (χ1v) is 12.3. The van der Waals surface area contributed by atoms with Crippen molar-refractivity contribution in [2.75, 3.05) is 25.1 Å². The van der Waals surface area contributed by atoms with Gasteiger partial charge in [-0.1, -0.05) is 18.2 Å². The van der Waals surface area contributed by atoms with Crippen LogP contribution in [0.25, 0.3) is 0 Å². The standard InChI is InChI=1S/C24H28FN3O4S/c1-33-13-10-22(26-23(29)19-5-3-7-21(16-19)28(31)32)24(30)27-11-8-17(9-12-27)14-18-4-2-6-20(25)15-18/h2-7,15-17,22H,8-14H2,1H3,(H,26,29). The number of carbonyl (C=O) groups is 2. The van der Waals surface area contributed by atoms with E-state index >= 15 is 0 Å². The van der Waals surface area contributed by atoms with E-state index in [0.717, 1.165) is 24.8 Å².